The lowest BCUT2D eigenvalue weighted by molar-refractivity contribution is 0.221. The lowest BCUT2D eigenvalue weighted by Gasteiger charge is -2.32. The highest BCUT2D eigenvalue weighted by Crippen LogP contribution is 2.30. The molecule has 0 bridgehead atoms. The van der Waals surface area contributed by atoms with Gasteiger partial charge in [-0.3, -0.25) is 0 Å². The molecule has 2 aliphatic rings. The lowest BCUT2D eigenvalue weighted by Crippen LogP contribution is -2.35. The second-order valence-electron chi connectivity index (χ2n) is 6.20. The van der Waals surface area contributed by atoms with Crippen molar-refractivity contribution in [1.82, 2.24) is 5.32 Å². The van der Waals surface area contributed by atoms with Crippen molar-refractivity contribution in [2.45, 2.75) is 70.3 Å². The number of rotatable bonds is 1. The summed E-state index contributed by atoms with van der Waals surface area (Å²) in [5, 5.41) is 3.58. The summed E-state index contributed by atoms with van der Waals surface area (Å²) in [4.78, 5) is 0. The predicted octanol–water partition coefficient (Wildman–Crippen LogP) is 3.06. The molecule has 2 nitrogen and oxygen atoms in total. The van der Waals surface area contributed by atoms with Gasteiger partial charge in [-0.2, -0.15) is 0 Å². The summed E-state index contributed by atoms with van der Waals surface area (Å²) < 4.78 is 0. The van der Waals surface area contributed by atoms with Crippen molar-refractivity contribution in [2.75, 3.05) is 13.1 Å². The third-order valence-corrected chi connectivity index (χ3v) is 4.81. The summed E-state index contributed by atoms with van der Waals surface area (Å²) in [5.41, 5.74) is 6.20. The molecule has 1 saturated heterocycles. The van der Waals surface area contributed by atoms with Crippen molar-refractivity contribution < 1.29 is 0 Å². The van der Waals surface area contributed by atoms with Crippen LogP contribution in [-0.4, -0.2) is 19.1 Å². The third-order valence-electron chi connectivity index (χ3n) is 4.81. The standard InChI is InChI=1S/C15H30N2/c16-15-8-4-2-1-3-6-13(9-10-15)14-7-5-11-17-12-14/h13-15,17H,1-12,16H2. The van der Waals surface area contributed by atoms with Crippen LogP contribution in [0.1, 0.15) is 64.2 Å². The minimum atomic E-state index is 0.479. The van der Waals surface area contributed by atoms with Crippen LogP contribution in [0.3, 0.4) is 0 Å². The van der Waals surface area contributed by atoms with Crippen molar-refractivity contribution in [3.8, 4) is 0 Å². The van der Waals surface area contributed by atoms with Gasteiger partial charge >= 0.3 is 0 Å². The lowest BCUT2D eigenvalue weighted by atomic mass is 9.78. The van der Waals surface area contributed by atoms with E-state index in [-0.39, 0.29) is 0 Å². The number of nitrogens with two attached hydrogens (primary N) is 1. The van der Waals surface area contributed by atoms with E-state index in [4.69, 9.17) is 5.73 Å². The van der Waals surface area contributed by atoms with Crippen molar-refractivity contribution in [1.29, 1.82) is 0 Å². The normalized spacial score (nSPS) is 37.6. The molecule has 0 spiro atoms. The van der Waals surface area contributed by atoms with Crippen molar-refractivity contribution in [2.24, 2.45) is 17.6 Å². The zero-order valence-corrected chi connectivity index (χ0v) is 11.3. The Balaban J connectivity index is 1.83. The maximum absolute atomic E-state index is 6.20. The van der Waals surface area contributed by atoms with Gasteiger partial charge in [-0.15, -0.1) is 0 Å². The molecule has 0 aromatic carbocycles. The molecule has 100 valence electrons. The molecule has 17 heavy (non-hydrogen) atoms. The summed E-state index contributed by atoms with van der Waals surface area (Å²) in [5.74, 6) is 1.89. The minimum absolute atomic E-state index is 0.479. The molecular formula is C15H30N2. The van der Waals surface area contributed by atoms with Gasteiger partial charge in [0.2, 0.25) is 0 Å². The van der Waals surface area contributed by atoms with Crippen molar-refractivity contribution in [3.05, 3.63) is 0 Å². The van der Waals surface area contributed by atoms with Crippen LogP contribution in [0.15, 0.2) is 0 Å². The molecule has 3 unspecified atom stereocenters. The second kappa shape index (κ2) is 7.38. The van der Waals surface area contributed by atoms with Gasteiger partial charge in [-0.05, 0) is 57.0 Å². The largest absolute Gasteiger partial charge is 0.328 e. The Kier molecular flexibility index (Phi) is 5.79. The molecular weight excluding hydrogens is 208 g/mol. The van der Waals surface area contributed by atoms with Crippen molar-refractivity contribution >= 4 is 0 Å². The molecule has 1 heterocycles. The fourth-order valence-corrected chi connectivity index (χ4v) is 3.64. The number of nitrogens with one attached hydrogen (secondary N) is 1. The van der Waals surface area contributed by atoms with Gasteiger partial charge in [-0.25, -0.2) is 0 Å². The molecule has 1 aliphatic carbocycles. The van der Waals surface area contributed by atoms with Crippen LogP contribution in [0.2, 0.25) is 0 Å². The first-order valence-electron chi connectivity index (χ1n) is 7.82. The van der Waals surface area contributed by atoms with Crippen LogP contribution in [0, 0.1) is 11.8 Å². The van der Waals surface area contributed by atoms with Gasteiger partial charge in [0.1, 0.15) is 0 Å². The van der Waals surface area contributed by atoms with E-state index < -0.39 is 0 Å². The molecule has 1 aliphatic heterocycles. The average Bonchev–Trinajstić information content (AvgIpc) is 2.38. The summed E-state index contributed by atoms with van der Waals surface area (Å²) in [6.45, 7) is 2.50. The number of piperidine rings is 1. The first-order chi connectivity index (χ1) is 8.36. The fraction of sp³-hybridized carbons (Fsp3) is 1.00. The fourth-order valence-electron chi connectivity index (χ4n) is 3.64. The first kappa shape index (κ1) is 13.4. The Morgan fingerprint density at radius 2 is 1.47 bits per heavy atom. The zero-order chi connectivity index (χ0) is 11.9. The first-order valence-corrected chi connectivity index (χ1v) is 7.82. The van der Waals surface area contributed by atoms with Gasteiger partial charge in [-0.1, -0.05) is 32.1 Å². The summed E-state index contributed by atoms with van der Waals surface area (Å²) in [6, 6.07) is 0.479. The molecule has 2 heteroatoms. The van der Waals surface area contributed by atoms with Crippen LogP contribution >= 0.6 is 0 Å². The predicted molar refractivity (Wildman–Crippen MR) is 74.0 cm³/mol. The molecule has 3 N–H and O–H groups in total. The van der Waals surface area contributed by atoms with Crippen LogP contribution in [-0.2, 0) is 0 Å². The third kappa shape index (κ3) is 4.59. The molecule has 0 radical (unpaired) electrons. The van der Waals surface area contributed by atoms with Crippen LogP contribution in [0.5, 0.6) is 0 Å². The molecule has 0 aromatic heterocycles. The maximum Gasteiger partial charge on any atom is 0.00389 e. The van der Waals surface area contributed by atoms with E-state index in [1.54, 1.807) is 0 Å². The Labute approximate surface area is 107 Å². The summed E-state index contributed by atoms with van der Waals surface area (Å²) >= 11 is 0. The van der Waals surface area contributed by atoms with Crippen molar-refractivity contribution in [3.63, 3.8) is 0 Å². The highest BCUT2D eigenvalue weighted by molar-refractivity contribution is 4.78. The highest BCUT2D eigenvalue weighted by atomic mass is 14.9. The Morgan fingerprint density at radius 1 is 0.706 bits per heavy atom. The van der Waals surface area contributed by atoms with Gasteiger partial charge < -0.3 is 11.1 Å². The molecule has 2 rings (SSSR count). The van der Waals surface area contributed by atoms with E-state index in [1.165, 1.54) is 77.3 Å². The molecule has 3 atom stereocenters. The monoisotopic (exact) mass is 238 g/mol. The summed E-state index contributed by atoms with van der Waals surface area (Å²) in [6.07, 6.45) is 13.9. The summed E-state index contributed by atoms with van der Waals surface area (Å²) in [7, 11) is 0. The second-order valence-corrected chi connectivity index (χ2v) is 6.20. The average molecular weight is 238 g/mol. The maximum atomic E-state index is 6.20. The molecule has 1 saturated carbocycles. The SMILES string of the molecule is NC1CCCCCCC(C2CCCNC2)CC1. The Hall–Kier alpha value is -0.0800. The Morgan fingerprint density at radius 3 is 2.24 bits per heavy atom. The highest BCUT2D eigenvalue weighted by Gasteiger charge is 2.23. The van der Waals surface area contributed by atoms with E-state index in [1.807, 2.05) is 0 Å². The van der Waals surface area contributed by atoms with Gasteiger partial charge in [0, 0.05) is 6.04 Å². The van der Waals surface area contributed by atoms with E-state index in [9.17, 15) is 0 Å². The number of hydrogen-bond donors (Lipinski definition) is 2. The Bertz CT molecular complexity index is 199. The van der Waals surface area contributed by atoms with Crippen LogP contribution < -0.4 is 11.1 Å². The van der Waals surface area contributed by atoms with Gasteiger partial charge in [0.25, 0.3) is 0 Å². The van der Waals surface area contributed by atoms with Crippen LogP contribution in [0.25, 0.3) is 0 Å². The quantitative estimate of drug-likeness (QED) is 0.737. The van der Waals surface area contributed by atoms with E-state index in [0.29, 0.717) is 6.04 Å². The van der Waals surface area contributed by atoms with Gasteiger partial charge in [0.15, 0.2) is 0 Å². The smallest absolute Gasteiger partial charge is 0.00389 e. The topological polar surface area (TPSA) is 38.0 Å². The zero-order valence-electron chi connectivity index (χ0n) is 11.3. The van der Waals surface area contributed by atoms with E-state index in [2.05, 4.69) is 5.32 Å². The van der Waals surface area contributed by atoms with E-state index >= 15 is 0 Å². The van der Waals surface area contributed by atoms with Gasteiger partial charge in [0.05, 0.1) is 0 Å². The number of hydrogen-bond acceptors (Lipinski definition) is 2. The molecule has 0 aromatic rings. The minimum Gasteiger partial charge on any atom is -0.328 e. The van der Waals surface area contributed by atoms with Crippen LogP contribution in [0.4, 0.5) is 0 Å². The molecule has 2 fully saturated rings. The molecule has 0 amide bonds. The van der Waals surface area contributed by atoms with E-state index in [0.717, 1.165) is 11.8 Å².